The summed E-state index contributed by atoms with van der Waals surface area (Å²) >= 11 is 0. The summed E-state index contributed by atoms with van der Waals surface area (Å²) in [7, 11) is -9.88. The third-order valence-electron chi connectivity index (χ3n) is 2.67. The van der Waals surface area contributed by atoms with Gasteiger partial charge in [-0.05, 0) is 13.0 Å². The van der Waals surface area contributed by atoms with Crippen LogP contribution in [0.5, 0.6) is 0 Å². The van der Waals surface area contributed by atoms with Crippen molar-refractivity contribution in [3.63, 3.8) is 0 Å². The second-order valence-electron chi connectivity index (χ2n) is 4.85. The van der Waals surface area contributed by atoms with Crippen molar-refractivity contribution in [3.05, 3.63) is 24.8 Å². The van der Waals surface area contributed by atoms with E-state index in [1.54, 1.807) is 0 Å². The maximum absolute atomic E-state index is 12.0. The van der Waals surface area contributed by atoms with Crippen molar-refractivity contribution in [2.45, 2.75) is 18.4 Å². The van der Waals surface area contributed by atoms with Gasteiger partial charge < -0.3 is 13.5 Å². The molecule has 0 fully saturated rings. The molecule has 0 spiro atoms. The van der Waals surface area contributed by atoms with E-state index in [4.69, 9.17) is 0 Å². The maximum atomic E-state index is 12.0. The fourth-order valence-electron chi connectivity index (χ4n) is 1.55. The molecule has 26 heavy (non-hydrogen) atoms. The van der Waals surface area contributed by atoms with E-state index in [0.717, 1.165) is 6.08 Å². The minimum atomic E-state index is -5.07. The molecule has 2 atom stereocenters. The number of carbonyl (C=O) groups excluding carboxylic acids is 2. The molecule has 2 unspecified atom stereocenters. The molecule has 142 valence electrons. The Labute approximate surface area is 221 Å². The van der Waals surface area contributed by atoms with Crippen molar-refractivity contribution in [3.8, 4) is 0 Å². The summed E-state index contributed by atoms with van der Waals surface area (Å²) in [6, 6.07) is 0. The van der Waals surface area contributed by atoms with Crippen LogP contribution < -0.4 is 91.6 Å². The van der Waals surface area contributed by atoms with Gasteiger partial charge in [-0.25, -0.2) is 4.18 Å². The minimum Gasteiger partial charge on any atom is -1.00 e. The fraction of sp³-hybridized carbons (Fsp3) is 0.500. The first-order valence-corrected chi connectivity index (χ1v) is 9.49. The zero-order valence-electron chi connectivity index (χ0n) is 17.2. The molecule has 0 aromatic carbocycles. The van der Waals surface area contributed by atoms with Crippen molar-refractivity contribution in [2.75, 3.05) is 13.3 Å². The standard InChI is InChI=1S/C12H20N2O8S2.K.Na.2H/c1-5-10(15)14-7-22-24(20,21)12(23(17,18)19)9(4)6-13-11(16)8(2)3;;;;/h5,9,12H,1-2,6-7H2,3-4H3,(H,13,16)(H,14,15)(H,17,18,19);;;;/q;2*+1;2*-1. The Morgan fingerprint density at radius 2 is 1.77 bits per heavy atom. The minimum absolute atomic E-state index is 0. The molecule has 3 N–H and O–H groups in total. The van der Waals surface area contributed by atoms with Crippen LogP contribution in [0.3, 0.4) is 0 Å². The third kappa shape index (κ3) is 11.7. The quantitative estimate of drug-likeness (QED) is 0.0979. The first kappa shape index (κ1) is 31.6. The van der Waals surface area contributed by atoms with Gasteiger partial charge in [0.25, 0.3) is 20.2 Å². The Balaban J connectivity index is -0.000000441. The van der Waals surface area contributed by atoms with Gasteiger partial charge in [-0.15, -0.1) is 0 Å². The summed E-state index contributed by atoms with van der Waals surface area (Å²) in [4.78, 5) is 22.3. The van der Waals surface area contributed by atoms with E-state index in [2.05, 4.69) is 22.7 Å². The number of amides is 2. The van der Waals surface area contributed by atoms with Gasteiger partial charge in [0.1, 0.15) is 6.73 Å². The number of hydrogen-bond acceptors (Lipinski definition) is 7. The van der Waals surface area contributed by atoms with Crippen molar-refractivity contribution in [1.29, 1.82) is 0 Å². The van der Waals surface area contributed by atoms with Crippen molar-refractivity contribution in [2.24, 2.45) is 5.92 Å². The molecule has 0 aromatic heterocycles. The summed E-state index contributed by atoms with van der Waals surface area (Å²) < 4.78 is 58.1. The molecule has 0 aliphatic carbocycles. The number of nitrogens with one attached hydrogen (secondary N) is 2. The molecule has 0 aliphatic heterocycles. The van der Waals surface area contributed by atoms with Crippen LogP contribution in [0.4, 0.5) is 0 Å². The molecule has 0 bridgehead atoms. The van der Waals surface area contributed by atoms with Crippen molar-refractivity contribution < 1.29 is 119 Å². The monoisotopic (exact) mass is 448 g/mol. The fourth-order valence-corrected chi connectivity index (χ4v) is 4.61. The van der Waals surface area contributed by atoms with E-state index < -0.39 is 49.3 Å². The van der Waals surface area contributed by atoms with Gasteiger partial charge in [-0.2, -0.15) is 16.8 Å². The van der Waals surface area contributed by atoms with Crippen LogP contribution in [0.15, 0.2) is 24.8 Å². The van der Waals surface area contributed by atoms with E-state index in [0.29, 0.717) is 0 Å². The zero-order chi connectivity index (χ0) is 19.1. The Morgan fingerprint density at radius 1 is 1.27 bits per heavy atom. The van der Waals surface area contributed by atoms with Crippen molar-refractivity contribution in [1.82, 2.24) is 10.6 Å². The largest absolute Gasteiger partial charge is 1.00 e. The number of hydrogen-bond donors (Lipinski definition) is 3. The van der Waals surface area contributed by atoms with Gasteiger partial charge in [0.05, 0.1) is 0 Å². The second-order valence-corrected chi connectivity index (χ2v) is 8.42. The second kappa shape index (κ2) is 14.0. The van der Waals surface area contributed by atoms with Crippen LogP contribution in [0.2, 0.25) is 0 Å². The van der Waals surface area contributed by atoms with Crippen LogP contribution in [-0.2, 0) is 34.0 Å². The summed E-state index contributed by atoms with van der Waals surface area (Å²) in [6.45, 7) is 7.87. The van der Waals surface area contributed by atoms with E-state index >= 15 is 0 Å². The van der Waals surface area contributed by atoms with Gasteiger partial charge in [0, 0.05) is 18.0 Å². The van der Waals surface area contributed by atoms with Crippen LogP contribution in [-0.4, -0.2) is 51.1 Å². The van der Waals surface area contributed by atoms with Crippen LogP contribution >= 0.6 is 0 Å². The molecule has 0 saturated carbocycles. The number of rotatable bonds is 10. The molecule has 2 amide bonds. The molecule has 10 nitrogen and oxygen atoms in total. The van der Waals surface area contributed by atoms with E-state index in [-0.39, 0.29) is 95.9 Å². The first-order chi connectivity index (χ1) is 10.8. The molecule has 0 aromatic rings. The molecule has 0 saturated heterocycles. The maximum Gasteiger partial charge on any atom is 1.00 e. The molecule has 0 radical (unpaired) electrons. The van der Waals surface area contributed by atoms with Crippen LogP contribution in [0, 0.1) is 5.92 Å². The van der Waals surface area contributed by atoms with Gasteiger partial charge in [0.2, 0.25) is 16.4 Å². The van der Waals surface area contributed by atoms with Gasteiger partial charge in [-0.3, -0.25) is 14.1 Å². The Hall–Kier alpha value is 0.876. The normalized spacial score (nSPS) is 13.2. The smallest absolute Gasteiger partial charge is 1.00 e. The van der Waals surface area contributed by atoms with Crippen LogP contribution in [0.1, 0.15) is 16.7 Å². The molecule has 14 heteroatoms. The summed E-state index contributed by atoms with van der Waals surface area (Å²) in [6.07, 6.45) is 0.853. The van der Waals surface area contributed by atoms with E-state index in [1.165, 1.54) is 13.8 Å². The predicted octanol–water partition coefficient (Wildman–Crippen LogP) is -6.63. The Bertz CT molecular complexity index is 734. The molecule has 0 rings (SSSR count). The molecular weight excluding hydrogens is 426 g/mol. The van der Waals surface area contributed by atoms with Crippen LogP contribution in [0.25, 0.3) is 0 Å². The number of carbonyl (C=O) groups is 2. The van der Waals surface area contributed by atoms with E-state index in [9.17, 15) is 31.0 Å². The Morgan fingerprint density at radius 3 is 2.15 bits per heavy atom. The average molecular weight is 449 g/mol. The average Bonchev–Trinajstić information content (AvgIpc) is 2.42. The predicted molar refractivity (Wildman–Crippen MR) is 87.8 cm³/mol. The SMILES string of the molecule is C=CC(=O)NCOS(=O)(=O)C(C(C)CNC(=O)C(=C)C)S(=O)(=O)O.[H-].[H-].[K+].[Na+]. The van der Waals surface area contributed by atoms with Gasteiger partial charge >= 0.3 is 80.9 Å². The summed E-state index contributed by atoms with van der Waals surface area (Å²) in [5.74, 6) is -2.59. The molecule has 0 heterocycles. The third-order valence-corrected chi connectivity index (χ3v) is 6.64. The molecular formula is C12H22KN2NaO8S2. The summed E-state index contributed by atoms with van der Waals surface area (Å²) in [5, 5.41) is 4.26. The van der Waals surface area contributed by atoms with Gasteiger partial charge in [-0.1, -0.05) is 20.1 Å². The Kier molecular flexibility index (Phi) is 16.9. The van der Waals surface area contributed by atoms with Gasteiger partial charge in [0.15, 0.2) is 0 Å². The van der Waals surface area contributed by atoms with E-state index in [1.807, 2.05) is 5.32 Å². The first-order valence-electron chi connectivity index (χ1n) is 6.51. The zero-order valence-corrected chi connectivity index (χ0v) is 21.9. The topological polar surface area (TPSA) is 156 Å². The van der Waals surface area contributed by atoms with Crippen molar-refractivity contribution >= 4 is 32.1 Å². The molecule has 0 aliphatic rings. The summed E-state index contributed by atoms with van der Waals surface area (Å²) in [5.41, 5.74) is 0.136.